The summed E-state index contributed by atoms with van der Waals surface area (Å²) in [6.45, 7) is 3.83. The molecule has 24 heavy (non-hydrogen) atoms. The van der Waals surface area contributed by atoms with Gasteiger partial charge in [-0.15, -0.1) is 0 Å². The number of aromatic nitrogens is 1. The third-order valence-electron chi connectivity index (χ3n) is 3.30. The van der Waals surface area contributed by atoms with Crippen LogP contribution in [0.2, 0.25) is 0 Å². The maximum Gasteiger partial charge on any atom is 0.253 e. The van der Waals surface area contributed by atoms with Gasteiger partial charge in [-0.25, -0.2) is 4.99 Å². The van der Waals surface area contributed by atoms with E-state index in [9.17, 15) is 4.79 Å². The molecule has 0 atom stereocenters. The van der Waals surface area contributed by atoms with Gasteiger partial charge in [0.2, 0.25) is 0 Å². The maximum absolute atomic E-state index is 11.9. The quantitative estimate of drug-likeness (QED) is 0.622. The van der Waals surface area contributed by atoms with Gasteiger partial charge < -0.3 is 20.1 Å². The lowest BCUT2D eigenvalue weighted by Gasteiger charge is -2.11. The first-order chi connectivity index (χ1) is 11.6. The van der Waals surface area contributed by atoms with Gasteiger partial charge in [0.25, 0.3) is 5.91 Å². The molecule has 0 aliphatic carbocycles. The van der Waals surface area contributed by atoms with E-state index in [2.05, 4.69) is 20.8 Å². The molecule has 1 amide bonds. The summed E-state index contributed by atoms with van der Waals surface area (Å²) in [6.07, 6.45) is 1.54. The Bertz CT molecular complexity index is 663. The van der Waals surface area contributed by atoms with Crippen LogP contribution in [0.15, 0.2) is 46.1 Å². The zero-order valence-electron chi connectivity index (χ0n) is 14.2. The zero-order chi connectivity index (χ0) is 17.4. The Labute approximate surface area is 141 Å². The van der Waals surface area contributed by atoms with E-state index in [1.54, 1.807) is 25.1 Å². The van der Waals surface area contributed by atoms with Gasteiger partial charge in [0, 0.05) is 32.3 Å². The number of carbonyl (C=O) groups is 1. The van der Waals surface area contributed by atoms with Crippen molar-refractivity contribution in [2.75, 3.05) is 20.6 Å². The Kier molecular flexibility index (Phi) is 6.36. The van der Waals surface area contributed by atoms with Crippen LogP contribution in [0.25, 0.3) is 0 Å². The molecule has 7 nitrogen and oxygen atoms in total. The average Bonchev–Trinajstić information content (AvgIpc) is 3.10. The first-order valence-electron chi connectivity index (χ1n) is 7.82. The Hall–Kier alpha value is -2.83. The molecule has 0 bridgehead atoms. The summed E-state index contributed by atoms with van der Waals surface area (Å²) in [6, 6.07) is 9.28. The topological polar surface area (TPSA) is 82.8 Å². The summed E-state index contributed by atoms with van der Waals surface area (Å²) in [7, 11) is 3.48. The molecule has 0 fully saturated rings. The minimum atomic E-state index is -0.00679. The molecule has 2 aromatic rings. The number of nitrogens with one attached hydrogen (secondary N) is 2. The molecular formula is C17H23N5O2. The minimum Gasteiger partial charge on any atom is -0.364 e. The molecule has 1 heterocycles. The highest BCUT2D eigenvalue weighted by atomic mass is 16.5. The first-order valence-corrected chi connectivity index (χ1v) is 7.82. The second-order valence-electron chi connectivity index (χ2n) is 5.44. The van der Waals surface area contributed by atoms with E-state index in [0.717, 1.165) is 17.8 Å². The van der Waals surface area contributed by atoms with Gasteiger partial charge in [0.15, 0.2) is 5.96 Å². The van der Waals surface area contributed by atoms with Crippen LogP contribution >= 0.6 is 0 Å². The van der Waals surface area contributed by atoms with Crippen molar-refractivity contribution >= 4 is 11.9 Å². The van der Waals surface area contributed by atoms with Crippen LogP contribution in [0.4, 0.5) is 0 Å². The summed E-state index contributed by atoms with van der Waals surface area (Å²) in [5.41, 5.74) is 2.51. The van der Waals surface area contributed by atoms with Gasteiger partial charge in [-0.1, -0.05) is 17.3 Å². The van der Waals surface area contributed by atoms with Gasteiger partial charge in [-0.3, -0.25) is 4.79 Å². The van der Waals surface area contributed by atoms with Crippen LogP contribution in [-0.2, 0) is 13.1 Å². The van der Waals surface area contributed by atoms with E-state index in [1.807, 2.05) is 31.2 Å². The number of carbonyl (C=O) groups excluding carboxylic acids is 1. The van der Waals surface area contributed by atoms with Crippen molar-refractivity contribution < 1.29 is 9.32 Å². The molecular weight excluding hydrogens is 306 g/mol. The average molecular weight is 329 g/mol. The van der Waals surface area contributed by atoms with Gasteiger partial charge in [-0.05, 0) is 24.6 Å². The lowest BCUT2D eigenvalue weighted by Crippen LogP contribution is -2.36. The molecule has 0 saturated heterocycles. The third kappa shape index (κ3) is 5.12. The van der Waals surface area contributed by atoms with Crippen molar-refractivity contribution in [2.24, 2.45) is 4.99 Å². The smallest absolute Gasteiger partial charge is 0.253 e. The van der Waals surface area contributed by atoms with Gasteiger partial charge in [0.05, 0.1) is 13.1 Å². The van der Waals surface area contributed by atoms with Crippen molar-refractivity contribution in [2.45, 2.75) is 20.0 Å². The Morgan fingerprint density at radius 1 is 1.21 bits per heavy atom. The number of nitrogens with zero attached hydrogens (tertiary/aromatic N) is 3. The standard InChI is InChI=1S/C17H23N5O2/c1-4-18-17(20-12-15-9-10-24-21-15)19-11-13-5-7-14(8-6-13)16(23)22(2)3/h5-10H,4,11-12H2,1-3H3,(H2,18,19,20). The highest BCUT2D eigenvalue weighted by molar-refractivity contribution is 5.93. The Morgan fingerprint density at radius 3 is 2.54 bits per heavy atom. The van der Waals surface area contributed by atoms with Gasteiger partial charge in [0.1, 0.15) is 12.0 Å². The van der Waals surface area contributed by atoms with Crippen LogP contribution in [0.5, 0.6) is 0 Å². The molecule has 0 saturated carbocycles. The minimum absolute atomic E-state index is 0.00679. The fraction of sp³-hybridized carbons (Fsp3) is 0.353. The number of guanidine groups is 1. The number of aliphatic imine (C=N–C) groups is 1. The molecule has 2 rings (SSSR count). The molecule has 7 heteroatoms. The van der Waals surface area contributed by atoms with Crippen molar-refractivity contribution in [1.29, 1.82) is 0 Å². The summed E-state index contributed by atoms with van der Waals surface area (Å²) in [4.78, 5) is 18.0. The summed E-state index contributed by atoms with van der Waals surface area (Å²) >= 11 is 0. The number of benzene rings is 1. The SMILES string of the molecule is CCNC(=NCc1ccc(C(=O)N(C)C)cc1)NCc1ccon1. The van der Waals surface area contributed by atoms with Crippen LogP contribution in [0, 0.1) is 0 Å². The van der Waals surface area contributed by atoms with E-state index in [4.69, 9.17) is 4.52 Å². The van der Waals surface area contributed by atoms with E-state index < -0.39 is 0 Å². The third-order valence-corrected chi connectivity index (χ3v) is 3.30. The summed E-state index contributed by atoms with van der Waals surface area (Å²) in [5, 5.41) is 10.2. The van der Waals surface area contributed by atoms with Crippen molar-refractivity contribution in [3.05, 3.63) is 53.4 Å². The van der Waals surface area contributed by atoms with E-state index in [-0.39, 0.29) is 5.91 Å². The molecule has 0 unspecified atom stereocenters. The van der Waals surface area contributed by atoms with Crippen molar-refractivity contribution in [3.8, 4) is 0 Å². The van der Waals surface area contributed by atoms with E-state index >= 15 is 0 Å². The molecule has 1 aromatic carbocycles. The highest BCUT2D eigenvalue weighted by Gasteiger charge is 2.07. The first kappa shape index (κ1) is 17.5. The lowest BCUT2D eigenvalue weighted by atomic mass is 10.1. The summed E-state index contributed by atoms with van der Waals surface area (Å²) in [5.74, 6) is 0.696. The number of hydrogen-bond donors (Lipinski definition) is 2. The Balaban J connectivity index is 1.96. The molecule has 1 aromatic heterocycles. The summed E-state index contributed by atoms with van der Waals surface area (Å²) < 4.78 is 4.80. The van der Waals surface area contributed by atoms with E-state index in [0.29, 0.717) is 24.6 Å². The maximum atomic E-state index is 11.9. The second kappa shape index (κ2) is 8.71. The molecule has 0 spiro atoms. The van der Waals surface area contributed by atoms with E-state index in [1.165, 1.54) is 6.26 Å². The fourth-order valence-electron chi connectivity index (χ4n) is 2.03. The van der Waals surface area contributed by atoms with Crippen LogP contribution in [0.1, 0.15) is 28.5 Å². The zero-order valence-corrected chi connectivity index (χ0v) is 14.2. The highest BCUT2D eigenvalue weighted by Crippen LogP contribution is 2.07. The van der Waals surface area contributed by atoms with Crippen LogP contribution < -0.4 is 10.6 Å². The van der Waals surface area contributed by atoms with Gasteiger partial charge in [-0.2, -0.15) is 0 Å². The fourth-order valence-corrected chi connectivity index (χ4v) is 2.03. The van der Waals surface area contributed by atoms with Crippen molar-refractivity contribution in [3.63, 3.8) is 0 Å². The molecule has 0 aliphatic rings. The number of amides is 1. The normalized spacial score (nSPS) is 11.2. The van der Waals surface area contributed by atoms with Crippen LogP contribution in [0.3, 0.4) is 0 Å². The molecule has 0 aliphatic heterocycles. The monoisotopic (exact) mass is 329 g/mol. The predicted octanol–water partition coefficient (Wildman–Crippen LogP) is 1.63. The van der Waals surface area contributed by atoms with Crippen molar-refractivity contribution in [1.82, 2.24) is 20.7 Å². The van der Waals surface area contributed by atoms with Gasteiger partial charge >= 0.3 is 0 Å². The van der Waals surface area contributed by atoms with Crippen LogP contribution in [-0.4, -0.2) is 42.6 Å². The predicted molar refractivity (Wildman–Crippen MR) is 92.6 cm³/mol. The number of hydrogen-bond acceptors (Lipinski definition) is 4. The molecule has 2 N–H and O–H groups in total. The molecule has 128 valence electrons. The molecule has 0 radical (unpaired) electrons. The lowest BCUT2D eigenvalue weighted by molar-refractivity contribution is 0.0827. The largest absolute Gasteiger partial charge is 0.364 e. The Morgan fingerprint density at radius 2 is 1.96 bits per heavy atom. The second-order valence-corrected chi connectivity index (χ2v) is 5.44. The number of rotatable bonds is 6.